The molecular formula is C139H94N8. The van der Waals surface area contributed by atoms with Crippen LogP contribution in [0.1, 0.15) is 74.9 Å². The van der Waals surface area contributed by atoms with Gasteiger partial charge in [0.2, 0.25) is 0 Å². The van der Waals surface area contributed by atoms with E-state index in [4.69, 9.17) is 9.97 Å². The Hall–Kier alpha value is -18.5. The normalized spacial score (nSPS) is 13.7. The third-order valence-electron chi connectivity index (χ3n) is 33.4. The van der Waals surface area contributed by atoms with Crippen LogP contribution in [0.2, 0.25) is 0 Å². The molecule has 7 heterocycles. The van der Waals surface area contributed by atoms with Crippen LogP contribution >= 0.6 is 0 Å². The van der Waals surface area contributed by atoms with Gasteiger partial charge in [0.25, 0.3) is 0 Å². The Bertz CT molecular complexity index is 10200. The lowest BCUT2D eigenvalue weighted by atomic mass is 9.82. The fourth-order valence-corrected chi connectivity index (χ4v) is 26.3. The standard InChI is InChI=1S/C139H94N8/c1-137(2)116-37-16-7-28-98(116)101-69-60-95(79-119(101)137)145-127-43-22-13-34-107(127)113-66-53-88(76-133(113)145)85-50-63-110-104-31-10-19-40-124(104)142(130(110)73-85)92-56-46-83(47-57-92)122-82-123(91-26-25-27-94(72-91)144-126-42-21-12-33-106(126)112-65-52-87(75-132(112)144)90-55-68-115-109-36-15-24-45-129(109)147(135(115)78-90)97-62-71-103-100-30-9-18-39-118(100)139(5,6)121(103)81-97)141-136(140-122)84-48-58-93(59-49-84)143-125-41-20-11-32-105(125)111-64-51-86(74-131(111)143)89-54-67-114-108-35-14-23-44-128(108)146(134(114)77-89)96-61-70-102-99-29-8-17-38-117(99)138(3,4)120(102)80-96/h7-82H,1-6H3. The van der Waals surface area contributed by atoms with E-state index >= 15 is 0 Å². The van der Waals surface area contributed by atoms with Crippen LogP contribution in [0.4, 0.5) is 0 Å². The lowest BCUT2D eigenvalue weighted by Crippen LogP contribution is -2.15. The van der Waals surface area contributed by atoms with Crippen molar-refractivity contribution in [2.24, 2.45) is 0 Å². The van der Waals surface area contributed by atoms with E-state index < -0.39 is 0 Å². The Morgan fingerprint density at radius 3 is 0.667 bits per heavy atom. The third kappa shape index (κ3) is 12.1. The Morgan fingerprint density at radius 2 is 0.367 bits per heavy atom. The van der Waals surface area contributed by atoms with Crippen molar-refractivity contribution < 1.29 is 0 Å². The minimum absolute atomic E-state index is 0.144. The largest absolute Gasteiger partial charge is 0.309 e. The molecule has 28 aromatic rings. The highest BCUT2D eigenvalue weighted by Crippen LogP contribution is 2.55. The fourth-order valence-electron chi connectivity index (χ4n) is 26.3. The monoisotopic (exact) mass is 1870 g/mol. The summed E-state index contributed by atoms with van der Waals surface area (Å²) in [6.45, 7) is 14.2. The predicted octanol–water partition coefficient (Wildman–Crippen LogP) is 36.0. The molecule has 8 heteroatoms. The maximum Gasteiger partial charge on any atom is 0.160 e. The summed E-state index contributed by atoms with van der Waals surface area (Å²) in [5.41, 5.74) is 47.4. The van der Waals surface area contributed by atoms with Gasteiger partial charge in [0.15, 0.2) is 5.82 Å². The first-order chi connectivity index (χ1) is 72.1. The van der Waals surface area contributed by atoms with Gasteiger partial charge < -0.3 is 27.4 Å². The van der Waals surface area contributed by atoms with Crippen LogP contribution in [-0.2, 0) is 16.2 Å². The Labute approximate surface area is 849 Å². The van der Waals surface area contributed by atoms with Crippen LogP contribution in [0, 0.1) is 0 Å². The van der Waals surface area contributed by atoms with E-state index in [0.717, 1.165) is 129 Å². The van der Waals surface area contributed by atoms with E-state index in [0.29, 0.717) is 5.82 Å². The number of hydrogen-bond acceptors (Lipinski definition) is 2. The minimum Gasteiger partial charge on any atom is -0.309 e. The molecule has 147 heavy (non-hydrogen) atoms. The Kier molecular flexibility index (Phi) is 17.4. The lowest BCUT2D eigenvalue weighted by Gasteiger charge is -2.22. The average Bonchev–Trinajstić information content (AvgIpc) is 1.56. The van der Waals surface area contributed by atoms with E-state index in [9.17, 15) is 0 Å². The second-order valence-electron chi connectivity index (χ2n) is 42.3. The molecule has 0 bridgehead atoms. The third-order valence-corrected chi connectivity index (χ3v) is 33.4. The SMILES string of the molecule is CC1(C)c2ccccc2-c2ccc(-n3c4ccccc4c4ccc(-c5ccc6c7ccccc7n(-c7ccc(-c8cc(-c9cccc(-n%10c%11ccccc%11c%11ccc(-c%12ccc%13c%14ccccc%14n(-c%14ccc%15c(c%14)C(C)(C)c%14ccccc%14-%15)c%13c%12)cc%11%10)c9)nc(-c9ccc(-n%10c%11ccccc%11c%11ccc(-c%12ccc%13c%14ccccc%14n(-c%14ccc%15c(c%14)C(C)(C)c%14ccccc%14-%15)c%13c%12)cc%11%10)cc9)n8)cc7)c6c5)cc43)cc21. The van der Waals surface area contributed by atoms with Crippen molar-refractivity contribution in [3.05, 3.63) is 494 Å². The summed E-state index contributed by atoms with van der Waals surface area (Å²) in [5, 5.41) is 14.5. The van der Waals surface area contributed by atoms with Crippen molar-refractivity contribution in [2.45, 2.75) is 57.8 Å². The number of rotatable bonds is 12. The predicted molar refractivity (Wildman–Crippen MR) is 613 cm³/mol. The summed E-state index contributed by atoms with van der Waals surface area (Å²) >= 11 is 0. The zero-order valence-electron chi connectivity index (χ0n) is 82.0. The average molecular weight is 1880 g/mol. The molecule has 0 spiro atoms. The van der Waals surface area contributed by atoms with Crippen molar-refractivity contribution in [3.8, 4) is 135 Å². The van der Waals surface area contributed by atoms with Crippen LogP contribution in [-0.4, -0.2) is 37.4 Å². The van der Waals surface area contributed by atoms with Gasteiger partial charge in [-0.15, -0.1) is 0 Å². The summed E-state index contributed by atoms with van der Waals surface area (Å²) in [5.74, 6) is 0.619. The molecule has 21 aromatic carbocycles. The first-order valence-electron chi connectivity index (χ1n) is 51.3. The number of fused-ring (bicyclic) bond motifs is 27. The molecule has 8 nitrogen and oxygen atoms in total. The smallest absolute Gasteiger partial charge is 0.160 e. The fraction of sp³-hybridized carbons (Fsp3) is 0.0647. The minimum atomic E-state index is -0.150. The van der Waals surface area contributed by atoms with E-state index in [1.807, 2.05) is 0 Å². The van der Waals surface area contributed by atoms with Crippen molar-refractivity contribution in [1.29, 1.82) is 0 Å². The van der Waals surface area contributed by atoms with Gasteiger partial charge in [-0.2, -0.15) is 0 Å². The van der Waals surface area contributed by atoms with Gasteiger partial charge in [-0.1, -0.05) is 339 Å². The molecule has 7 aromatic heterocycles. The summed E-state index contributed by atoms with van der Waals surface area (Å²) in [7, 11) is 0. The molecule has 0 aliphatic heterocycles. The molecule has 0 saturated heterocycles. The van der Waals surface area contributed by atoms with Crippen molar-refractivity contribution in [3.63, 3.8) is 0 Å². The Balaban J connectivity index is 0.533. The second-order valence-corrected chi connectivity index (χ2v) is 42.3. The number of benzene rings is 21. The number of aromatic nitrogens is 8. The van der Waals surface area contributed by atoms with E-state index in [-0.39, 0.29) is 16.2 Å². The van der Waals surface area contributed by atoms with Crippen LogP contribution in [0.15, 0.2) is 461 Å². The molecule has 0 fully saturated rings. The second kappa shape index (κ2) is 30.8. The topological polar surface area (TPSA) is 55.4 Å². The summed E-state index contributed by atoms with van der Waals surface area (Å²) in [4.78, 5) is 11.4. The molecular weight excluding hydrogens is 1780 g/mol. The molecule has 690 valence electrons. The van der Waals surface area contributed by atoms with Gasteiger partial charge in [-0.3, -0.25) is 0 Å². The molecule has 31 rings (SSSR count). The highest BCUT2D eigenvalue weighted by molar-refractivity contribution is 6.17. The van der Waals surface area contributed by atoms with Crippen LogP contribution < -0.4 is 0 Å². The van der Waals surface area contributed by atoms with Crippen molar-refractivity contribution in [2.75, 3.05) is 0 Å². The van der Waals surface area contributed by atoms with Gasteiger partial charge >= 0.3 is 0 Å². The van der Waals surface area contributed by atoms with Gasteiger partial charge in [0.05, 0.1) is 77.6 Å². The zero-order chi connectivity index (χ0) is 97.3. The molecule has 0 N–H and O–H groups in total. The van der Waals surface area contributed by atoms with E-state index in [1.165, 1.54) is 164 Å². The quantitative estimate of drug-likeness (QED) is 0.122. The maximum absolute atomic E-state index is 5.73. The van der Waals surface area contributed by atoms with Crippen LogP contribution in [0.5, 0.6) is 0 Å². The van der Waals surface area contributed by atoms with E-state index in [1.54, 1.807) is 0 Å². The van der Waals surface area contributed by atoms with Crippen LogP contribution in [0.3, 0.4) is 0 Å². The lowest BCUT2D eigenvalue weighted by molar-refractivity contribution is 0.660. The maximum atomic E-state index is 5.73. The first kappa shape index (κ1) is 83.2. The highest BCUT2D eigenvalue weighted by Gasteiger charge is 2.40. The number of nitrogens with zero attached hydrogens (tertiary/aromatic N) is 8. The molecule has 0 saturated carbocycles. The van der Waals surface area contributed by atoms with Crippen LogP contribution in [0.25, 0.3) is 266 Å². The molecule has 0 radical (unpaired) electrons. The summed E-state index contributed by atoms with van der Waals surface area (Å²) in [6.07, 6.45) is 0. The zero-order valence-corrected chi connectivity index (χ0v) is 82.0. The van der Waals surface area contributed by atoms with Gasteiger partial charge in [0, 0.05) is 132 Å². The number of para-hydroxylation sites is 6. The molecule has 3 aliphatic carbocycles. The Morgan fingerprint density at radius 1 is 0.143 bits per heavy atom. The van der Waals surface area contributed by atoms with Gasteiger partial charge in [-0.05, 0) is 264 Å². The summed E-state index contributed by atoms with van der Waals surface area (Å²) < 4.78 is 14.8. The highest BCUT2D eigenvalue weighted by atomic mass is 15.0. The molecule has 0 unspecified atom stereocenters. The molecule has 3 aliphatic rings. The number of hydrogen-bond donors (Lipinski definition) is 0. The first-order valence-corrected chi connectivity index (χ1v) is 51.3. The van der Waals surface area contributed by atoms with Crippen molar-refractivity contribution >= 4 is 131 Å². The van der Waals surface area contributed by atoms with Gasteiger partial charge in [-0.25, -0.2) is 9.97 Å². The van der Waals surface area contributed by atoms with Gasteiger partial charge in [0.1, 0.15) is 0 Å². The van der Waals surface area contributed by atoms with E-state index in [2.05, 4.69) is 530 Å². The molecule has 0 atom stereocenters. The summed E-state index contributed by atoms with van der Waals surface area (Å²) in [6, 6.07) is 173. The molecule has 0 amide bonds. The van der Waals surface area contributed by atoms with Crippen molar-refractivity contribution in [1.82, 2.24) is 37.4 Å².